The highest BCUT2D eigenvalue weighted by Gasteiger charge is 2.29. The second-order valence-corrected chi connectivity index (χ2v) is 6.52. The maximum absolute atomic E-state index is 12.7. The van der Waals surface area contributed by atoms with Crippen LogP contribution in [-0.2, 0) is 4.79 Å². The molecular weight excluding hydrogens is 342 g/mol. The van der Waals surface area contributed by atoms with Gasteiger partial charge < -0.3 is 14.8 Å². The molecule has 6 heteroatoms. The molecule has 0 unspecified atom stereocenters. The van der Waals surface area contributed by atoms with E-state index in [0.29, 0.717) is 37.3 Å². The highest BCUT2D eigenvalue weighted by molar-refractivity contribution is 6.44. The lowest BCUT2D eigenvalue weighted by atomic mass is 10.0. The van der Waals surface area contributed by atoms with Gasteiger partial charge in [-0.3, -0.25) is 14.4 Å². The van der Waals surface area contributed by atoms with E-state index in [4.69, 9.17) is 0 Å². The highest BCUT2D eigenvalue weighted by Crippen LogP contribution is 2.19. The van der Waals surface area contributed by atoms with Crippen molar-refractivity contribution in [1.29, 1.82) is 0 Å². The number of ketones is 1. The maximum atomic E-state index is 12.7. The van der Waals surface area contributed by atoms with E-state index in [1.807, 2.05) is 24.3 Å². The van der Waals surface area contributed by atoms with Crippen molar-refractivity contribution >= 4 is 28.5 Å². The molecule has 1 saturated heterocycles. The summed E-state index contributed by atoms with van der Waals surface area (Å²) in [5.41, 5.74) is 1.86. The van der Waals surface area contributed by atoms with Gasteiger partial charge in [0.15, 0.2) is 0 Å². The fraction of sp³-hybridized carbons (Fsp3) is 0.190. The molecule has 27 heavy (non-hydrogen) atoms. The summed E-state index contributed by atoms with van der Waals surface area (Å²) in [4.78, 5) is 44.2. The number of aromatic amines is 1. The number of benzene rings is 2. The van der Waals surface area contributed by atoms with Crippen molar-refractivity contribution in [1.82, 2.24) is 14.8 Å². The van der Waals surface area contributed by atoms with Gasteiger partial charge in [-0.15, -0.1) is 0 Å². The number of rotatable bonds is 3. The molecular formula is C21H19N3O3. The number of H-pyrrole nitrogens is 1. The molecule has 136 valence electrons. The van der Waals surface area contributed by atoms with Crippen LogP contribution in [0.25, 0.3) is 10.9 Å². The van der Waals surface area contributed by atoms with Gasteiger partial charge in [-0.2, -0.15) is 0 Å². The Balaban J connectivity index is 1.43. The van der Waals surface area contributed by atoms with Gasteiger partial charge in [0.2, 0.25) is 0 Å². The van der Waals surface area contributed by atoms with Crippen molar-refractivity contribution in [3.05, 3.63) is 71.9 Å². The Morgan fingerprint density at radius 1 is 0.778 bits per heavy atom. The predicted molar refractivity (Wildman–Crippen MR) is 102 cm³/mol. The first-order chi connectivity index (χ1) is 13.1. The van der Waals surface area contributed by atoms with Crippen LogP contribution < -0.4 is 0 Å². The number of Topliss-reactive ketones (excluding diaryl/α,β-unsaturated/α-hetero) is 1. The van der Waals surface area contributed by atoms with E-state index in [1.165, 1.54) is 4.90 Å². The third kappa shape index (κ3) is 3.21. The number of fused-ring (bicyclic) bond motifs is 1. The van der Waals surface area contributed by atoms with E-state index >= 15 is 0 Å². The number of piperazine rings is 1. The molecule has 0 atom stereocenters. The van der Waals surface area contributed by atoms with Crippen molar-refractivity contribution in [2.24, 2.45) is 0 Å². The van der Waals surface area contributed by atoms with E-state index in [0.717, 1.165) is 10.9 Å². The van der Waals surface area contributed by atoms with Gasteiger partial charge in [0.1, 0.15) is 0 Å². The lowest BCUT2D eigenvalue weighted by molar-refractivity contribution is -0.127. The Bertz CT molecular complexity index is 1000. The molecule has 0 spiro atoms. The minimum absolute atomic E-state index is 0.0499. The molecule has 1 aliphatic rings. The zero-order valence-electron chi connectivity index (χ0n) is 14.7. The highest BCUT2D eigenvalue weighted by atomic mass is 16.2. The van der Waals surface area contributed by atoms with Crippen LogP contribution in [0.2, 0.25) is 0 Å². The second kappa shape index (κ2) is 7.07. The van der Waals surface area contributed by atoms with Gasteiger partial charge in [0, 0.05) is 54.4 Å². The molecule has 2 heterocycles. The predicted octanol–water partition coefficient (Wildman–Crippen LogP) is 2.34. The average molecular weight is 361 g/mol. The summed E-state index contributed by atoms with van der Waals surface area (Å²) >= 11 is 0. The number of carbonyl (C=O) groups excluding carboxylic acids is 3. The lowest BCUT2D eigenvalue weighted by Gasteiger charge is -2.34. The van der Waals surface area contributed by atoms with Gasteiger partial charge in [-0.25, -0.2) is 0 Å². The third-order valence-corrected chi connectivity index (χ3v) is 4.91. The topological polar surface area (TPSA) is 73.5 Å². The number of nitrogens with zero attached hydrogens (tertiary/aromatic N) is 2. The number of amides is 2. The first-order valence-electron chi connectivity index (χ1n) is 8.89. The molecule has 1 fully saturated rings. The molecule has 4 rings (SSSR count). The standard InChI is InChI=1S/C21H19N3O3/c25-19(17-7-4-8-18-16(17)9-10-22-18)21(27)24-13-11-23(12-14-24)20(26)15-5-2-1-3-6-15/h1-10,22H,11-14H2. The maximum Gasteiger partial charge on any atom is 0.295 e. The number of aromatic nitrogens is 1. The van der Waals surface area contributed by atoms with E-state index in [2.05, 4.69) is 4.98 Å². The molecule has 3 aromatic rings. The van der Waals surface area contributed by atoms with Crippen LogP contribution in [0.3, 0.4) is 0 Å². The summed E-state index contributed by atoms with van der Waals surface area (Å²) in [6.45, 7) is 1.54. The monoisotopic (exact) mass is 361 g/mol. The van der Waals surface area contributed by atoms with Crippen LogP contribution in [-0.4, -0.2) is 58.6 Å². The smallest absolute Gasteiger partial charge is 0.295 e. The van der Waals surface area contributed by atoms with E-state index in [-0.39, 0.29) is 5.91 Å². The van der Waals surface area contributed by atoms with Gasteiger partial charge in [-0.05, 0) is 24.3 Å². The van der Waals surface area contributed by atoms with E-state index in [1.54, 1.807) is 41.4 Å². The lowest BCUT2D eigenvalue weighted by Crippen LogP contribution is -2.52. The molecule has 2 amide bonds. The van der Waals surface area contributed by atoms with Crippen LogP contribution in [0.1, 0.15) is 20.7 Å². The fourth-order valence-corrected chi connectivity index (χ4v) is 3.42. The van der Waals surface area contributed by atoms with Crippen molar-refractivity contribution in [3.8, 4) is 0 Å². The molecule has 0 radical (unpaired) electrons. The average Bonchev–Trinajstić information content (AvgIpc) is 3.22. The first kappa shape index (κ1) is 17.0. The van der Waals surface area contributed by atoms with Crippen molar-refractivity contribution in [2.75, 3.05) is 26.2 Å². The summed E-state index contributed by atoms with van der Waals surface area (Å²) < 4.78 is 0. The fourth-order valence-electron chi connectivity index (χ4n) is 3.42. The number of hydrogen-bond acceptors (Lipinski definition) is 3. The van der Waals surface area contributed by atoms with Gasteiger partial charge in [-0.1, -0.05) is 30.3 Å². The first-order valence-corrected chi connectivity index (χ1v) is 8.89. The molecule has 0 bridgehead atoms. The van der Waals surface area contributed by atoms with Gasteiger partial charge in [0.05, 0.1) is 0 Å². The Morgan fingerprint density at radius 2 is 1.48 bits per heavy atom. The number of hydrogen-bond donors (Lipinski definition) is 1. The zero-order chi connectivity index (χ0) is 18.8. The summed E-state index contributed by atoms with van der Waals surface area (Å²) in [5.74, 6) is -1.08. The number of carbonyl (C=O) groups is 3. The molecule has 1 N–H and O–H groups in total. The Hall–Kier alpha value is -3.41. The molecule has 0 saturated carbocycles. The third-order valence-electron chi connectivity index (χ3n) is 4.91. The number of nitrogens with one attached hydrogen (secondary N) is 1. The normalized spacial score (nSPS) is 14.4. The summed E-state index contributed by atoms with van der Waals surface area (Å²) in [7, 11) is 0. The van der Waals surface area contributed by atoms with E-state index in [9.17, 15) is 14.4 Å². The quantitative estimate of drug-likeness (QED) is 0.575. The van der Waals surface area contributed by atoms with Crippen LogP contribution in [0, 0.1) is 0 Å². The minimum atomic E-state index is -0.518. The Morgan fingerprint density at radius 3 is 2.22 bits per heavy atom. The second-order valence-electron chi connectivity index (χ2n) is 6.52. The van der Waals surface area contributed by atoms with E-state index < -0.39 is 11.7 Å². The summed E-state index contributed by atoms with van der Waals surface area (Å²) in [5, 5.41) is 0.744. The molecule has 2 aromatic carbocycles. The van der Waals surface area contributed by atoms with Crippen molar-refractivity contribution < 1.29 is 14.4 Å². The van der Waals surface area contributed by atoms with Crippen LogP contribution in [0.15, 0.2) is 60.8 Å². The minimum Gasteiger partial charge on any atom is -0.361 e. The zero-order valence-corrected chi connectivity index (χ0v) is 14.7. The molecule has 6 nitrogen and oxygen atoms in total. The van der Waals surface area contributed by atoms with Crippen LogP contribution in [0.5, 0.6) is 0 Å². The van der Waals surface area contributed by atoms with Crippen LogP contribution >= 0.6 is 0 Å². The molecule has 1 aliphatic heterocycles. The Kier molecular flexibility index (Phi) is 4.46. The SMILES string of the molecule is O=C(C(=O)N1CCN(C(=O)c2ccccc2)CC1)c1cccc2[nH]ccc12. The van der Waals surface area contributed by atoms with Crippen LogP contribution in [0.4, 0.5) is 0 Å². The van der Waals surface area contributed by atoms with Gasteiger partial charge >= 0.3 is 0 Å². The van der Waals surface area contributed by atoms with Crippen molar-refractivity contribution in [3.63, 3.8) is 0 Å². The summed E-state index contributed by atoms with van der Waals surface area (Å²) in [6.07, 6.45) is 1.75. The largest absolute Gasteiger partial charge is 0.361 e. The Labute approximate surface area is 156 Å². The molecule has 1 aromatic heterocycles. The van der Waals surface area contributed by atoms with Crippen molar-refractivity contribution in [2.45, 2.75) is 0 Å². The summed E-state index contributed by atoms with van der Waals surface area (Å²) in [6, 6.07) is 16.2. The van der Waals surface area contributed by atoms with Gasteiger partial charge in [0.25, 0.3) is 17.6 Å². The molecule has 0 aliphatic carbocycles.